The highest BCUT2D eigenvalue weighted by atomic mass is 35.5. The fourth-order valence-corrected chi connectivity index (χ4v) is 4.95. The van der Waals surface area contributed by atoms with Crippen LogP contribution in [0.25, 0.3) is 9.88 Å². The van der Waals surface area contributed by atoms with Crippen LogP contribution >= 0.6 is 34.3 Å². The van der Waals surface area contributed by atoms with Gasteiger partial charge in [-0.1, -0.05) is 36.7 Å². The summed E-state index contributed by atoms with van der Waals surface area (Å²) in [4.78, 5) is 32.7. The first-order chi connectivity index (χ1) is 13.0. The van der Waals surface area contributed by atoms with E-state index in [0.29, 0.717) is 17.1 Å². The molecule has 0 aliphatic carbocycles. The van der Waals surface area contributed by atoms with Crippen LogP contribution in [-0.2, 0) is 16.9 Å². The van der Waals surface area contributed by atoms with Gasteiger partial charge < -0.3 is 5.32 Å². The molecule has 0 radical (unpaired) electrons. The summed E-state index contributed by atoms with van der Waals surface area (Å²) >= 11 is 9.09. The smallest absolute Gasteiger partial charge is 0.319 e. The van der Waals surface area contributed by atoms with Crippen molar-refractivity contribution in [2.75, 3.05) is 0 Å². The van der Waals surface area contributed by atoms with Crippen LogP contribution < -0.4 is 5.32 Å². The summed E-state index contributed by atoms with van der Waals surface area (Å²) in [5.41, 5.74) is 0.372. The van der Waals surface area contributed by atoms with Crippen LogP contribution in [0.15, 0.2) is 47.2 Å². The van der Waals surface area contributed by atoms with Crippen molar-refractivity contribution >= 4 is 46.2 Å². The number of halogens is 1. The van der Waals surface area contributed by atoms with Gasteiger partial charge in [-0.3, -0.25) is 9.69 Å². The molecule has 1 saturated heterocycles. The Morgan fingerprint density at radius 3 is 2.63 bits per heavy atom. The molecule has 138 valence electrons. The van der Waals surface area contributed by atoms with Gasteiger partial charge in [0.2, 0.25) is 0 Å². The molecule has 1 unspecified atom stereocenters. The van der Waals surface area contributed by atoms with Crippen LogP contribution in [0.2, 0.25) is 5.02 Å². The van der Waals surface area contributed by atoms with E-state index < -0.39 is 11.6 Å². The molecular weight excluding hydrogens is 402 g/mol. The highest BCUT2D eigenvalue weighted by molar-refractivity contribution is 7.20. The molecule has 27 heavy (non-hydrogen) atoms. The van der Waals surface area contributed by atoms with Crippen molar-refractivity contribution in [2.24, 2.45) is 0 Å². The fourth-order valence-electron chi connectivity index (χ4n) is 3.20. The molecule has 5 nitrogen and oxygen atoms in total. The number of hydrogen-bond donors (Lipinski definition) is 1. The molecule has 4 rings (SSSR count). The Balaban J connectivity index is 1.60. The van der Waals surface area contributed by atoms with Crippen LogP contribution in [0, 0.1) is 0 Å². The van der Waals surface area contributed by atoms with Crippen molar-refractivity contribution in [2.45, 2.75) is 25.4 Å². The lowest BCUT2D eigenvalue weighted by Crippen LogP contribution is -2.43. The number of benzene rings is 1. The SMILES string of the molecule is CCC1(c2ccc(Cl)cc2)NC(=O)N(Cc2csc(-c3cccs3)n2)C1=O. The fraction of sp³-hybridized carbons (Fsp3) is 0.211. The number of amides is 3. The van der Waals surface area contributed by atoms with Gasteiger partial charge in [0.15, 0.2) is 0 Å². The standard InChI is InChI=1S/C19H16ClN3O2S2/c1-2-19(12-5-7-13(20)8-6-12)17(24)23(18(25)22-19)10-14-11-27-16(21-14)15-4-3-9-26-15/h3-9,11H,2,10H2,1H3,(H,22,25). The number of aromatic nitrogens is 1. The number of carbonyl (C=O) groups is 2. The predicted octanol–water partition coefficient (Wildman–Crippen LogP) is 4.88. The number of nitrogens with one attached hydrogen (secondary N) is 1. The second-order valence-electron chi connectivity index (χ2n) is 6.21. The largest absolute Gasteiger partial charge is 0.325 e. The number of urea groups is 1. The molecule has 1 atom stereocenters. The van der Waals surface area contributed by atoms with E-state index in [1.165, 1.54) is 16.2 Å². The van der Waals surface area contributed by atoms with Crippen molar-refractivity contribution < 1.29 is 9.59 Å². The van der Waals surface area contributed by atoms with Crippen LogP contribution in [0.1, 0.15) is 24.6 Å². The van der Waals surface area contributed by atoms with E-state index in [4.69, 9.17) is 11.6 Å². The van der Waals surface area contributed by atoms with Crippen LogP contribution in [0.4, 0.5) is 4.79 Å². The van der Waals surface area contributed by atoms with Crippen molar-refractivity contribution in [1.82, 2.24) is 15.2 Å². The lowest BCUT2D eigenvalue weighted by atomic mass is 9.87. The molecule has 1 fully saturated rings. The number of hydrogen-bond acceptors (Lipinski definition) is 5. The van der Waals surface area contributed by atoms with Gasteiger partial charge >= 0.3 is 6.03 Å². The quantitative estimate of drug-likeness (QED) is 0.601. The van der Waals surface area contributed by atoms with E-state index in [9.17, 15) is 9.59 Å². The van der Waals surface area contributed by atoms with Gasteiger partial charge in [0.05, 0.1) is 17.1 Å². The number of rotatable bonds is 5. The summed E-state index contributed by atoms with van der Waals surface area (Å²) in [5, 5.41) is 8.25. The van der Waals surface area contributed by atoms with Gasteiger partial charge in [-0.15, -0.1) is 22.7 Å². The van der Waals surface area contributed by atoms with Gasteiger partial charge in [0.1, 0.15) is 10.5 Å². The first-order valence-electron chi connectivity index (χ1n) is 8.42. The number of thiophene rings is 1. The molecule has 8 heteroatoms. The molecule has 1 aliphatic heterocycles. The molecule has 0 bridgehead atoms. The van der Waals surface area contributed by atoms with Crippen LogP contribution in [-0.4, -0.2) is 21.8 Å². The molecule has 3 heterocycles. The van der Waals surface area contributed by atoms with Gasteiger partial charge in [0.25, 0.3) is 5.91 Å². The molecule has 0 saturated carbocycles. The number of thiazole rings is 1. The molecule has 3 aromatic rings. The van der Waals surface area contributed by atoms with E-state index in [-0.39, 0.29) is 12.5 Å². The Kier molecular flexibility index (Phi) is 4.75. The van der Waals surface area contributed by atoms with Gasteiger partial charge in [-0.05, 0) is 35.6 Å². The Morgan fingerprint density at radius 1 is 1.19 bits per heavy atom. The maximum atomic E-state index is 13.2. The minimum atomic E-state index is -1.06. The Morgan fingerprint density at radius 2 is 1.96 bits per heavy atom. The maximum Gasteiger partial charge on any atom is 0.325 e. The van der Waals surface area contributed by atoms with Gasteiger partial charge in [-0.25, -0.2) is 9.78 Å². The summed E-state index contributed by atoms with van der Waals surface area (Å²) < 4.78 is 0. The Labute approximate surface area is 169 Å². The molecule has 1 aromatic carbocycles. The number of carbonyl (C=O) groups excluding carboxylic acids is 2. The zero-order valence-electron chi connectivity index (χ0n) is 14.4. The van der Waals surface area contributed by atoms with Crippen molar-refractivity contribution in [3.05, 3.63) is 63.4 Å². The molecular formula is C19H16ClN3O2S2. The minimum Gasteiger partial charge on any atom is -0.319 e. The third kappa shape index (κ3) is 3.16. The van der Waals surface area contributed by atoms with Gasteiger partial charge in [-0.2, -0.15) is 0 Å². The van der Waals surface area contributed by atoms with Crippen molar-refractivity contribution in [3.8, 4) is 9.88 Å². The first-order valence-corrected chi connectivity index (χ1v) is 10.6. The molecule has 2 aromatic heterocycles. The zero-order valence-corrected chi connectivity index (χ0v) is 16.8. The average Bonchev–Trinajstić information content (AvgIpc) is 3.39. The molecule has 0 spiro atoms. The highest BCUT2D eigenvalue weighted by Gasteiger charge is 2.51. The lowest BCUT2D eigenvalue weighted by molar-refractivity contribution is -0.132. The summed E-state index contributed by atoms with van der Waals surface area (Å²) in [7, 11) is 0. The zero-order chi connectivity index (χ0) is 19.0. The topological polar surface area (TPSA) is 62.3 Å². The van der Waals surface area contributed by atoms with E-state index in [1.54, 1.807) is 35.6 Å². The van der Waals surface area contributed by atoms with E-state index in [0.717, 1.165) is 15.4 Å². The van der Waals surface area contributed by atoms with Crippen molar-refractivity contribution in [3.63, 3.8) is 0 Å². The third-order valence-corrected chi connectivity index (χ3v) is 6.83. The summed E-state index contributed by atoms with van der Waals surface area (Å²) in [6.07, 6.45) is 0.452. The number of nitrogens with zero attached hydrogens (tertiary/aromatic N) is 2. The Hall–Kier alpha value is -2.22. The van der Waals surface area contributed by atoms with E-state index in [2.05, 4.69) is 10.3 Å². The number of imide groups is 1. The maximum absolute atomic E-state index is 13.2. The lowest BCUT2D eigenvalue weighted by Gasteiger charge is -2.25. The third-order valence-electron chi connectivity index (χ3n) is 4.65. The summed E-state index contributed by atoms with van der Waals surface area (Å²) in [6, 6.07) is 10.6. The van der Waals surface area contributed by atoms with E-state index in [1.807, 2.05) is 29.8 Å². The summed E-state index contributed by atoms with van der Waals surface area (Å²) in [5.74, 6) is -0.261. The van der Waals surface area contributed by atoms with E-state index >= 15 is 0 Å². The second-order valence-corrected chi connectivity index (χ2v) is 8.45. The monoisotopic (exact) mass is 417 g/mol. The van der Waals surface area contributed by atoms with Crippen LogP contribution in [0.5, 0.6) is 0 Å². The predicted molar refractivity (Wildman–Crippen MR) is 108 cm³/mol. The molecule has 3 amide bonds. The first kappa shape index (κ1) is 18.2. The van der Waals surface area contributed by atoms with Crippen LogP contribution in [0.3, 0.4) is 0 Å². The molecule has 1 N–H and O–H groups in total. The van der Waals surface area contributed by atoms with Crippen molar-refractivity contribution in [1.29, 1.82) is 0 Å². The molecule has 1 aliphatic rings. The van der Waals surface area contributed by atoms with Gasteiger partial charge in [0, 0.05) is 10.4 Å². The average molecular weight is 418 g/mol. The minimum absolute atomic E-state index is 0.155. The Bertz CT molecular complexity index is 985. The highest BCUT2D eigenvalue weighted by Crippen LogP contribution is 2.34. The normalized spacial score (nSPS) is 19.6. The second kappa shape index (κ2) is 7.07. The summed E-state index contributed by atoms with van der Waals surface area (Å²) in [6.45, 7) is 2.04.